The lowest BCUT2D eigenvalue weighted by molar-refractivity contribution is -0.212. The van der Waals surface area contributed by atoms with Crippen LogP contribution in [0.3, 0.4) is 0 Å². The van der Waals surface area contributed by atoms with Crippen molar-refractivity contribution in [3.63, 3.8) is 0 Å². The van der Waals surface area contributed by atoms with Crippen LogP contribution in [0.1, 0.15) is 0 Å². The number of carbonyl (C=O) groups excluding carboxylic acids is 1. The molecule has 0 aromatic heterocycles. The Kier molecular flexibility index (Phi) is 2.59. The average molecular weight is 227 g/mol. The standard InChI is InChI=1S/C10H13NO5/c12-4-9(5-13)6-16-10(15)7(11-9)2-1-3-8(10)14/h1-3,11-13,15H,4-6H2/t10-/m0/s1. The highest BCUT2D eigenvalue weighted by Gasteiger charge is 2.50. The maximum atomic E-state index is 11.5. The van der Waals surface area contributed by atoms with E-state index < -0.39 is 17.1 Å². The number of aliphatic hydroxyl groups excluding tert-OH is 2. The summed E-state index contributed by atoms with van der Waals surface area (Å²) in [4.78, 5) is 11.5. The molecule has 0 amide bonds. The van der Waals surface area contributed by atoms with E-state index in [2.05, 4.69) is 5.32 Å². The zero-order valence-corrected chi connectivity index (χ0v) is 8.51. The monoisotopic (exact) mass is 227 g/mol. The lowest BCUT2D eigenvalue weighted by Crippen LogP contribution is -2.66. The fourth-order valence-corrected chi connectivity index (χ4v) is 1.65. The first-order chi connectivity index (χ1) is 7.56. The first-order valence-corrected chi connectivity index (χ1v) is 4.86. The van der Waals surface area contributed by atoms with Gasteiger partial charge in [-0.05, 0) is 12.2 Å². The lowest BCUT2D eigenvalue weighted by atomic mass is 9.93. The molecule has 6 nitrogen and oxygen atoms in total. The van der Waals surface area contributed by atoms with Crippen molar-refractivity contribution in [1.82, 2.24) is 5.32 Å². The Labute approximate surface area is 91.8 Å². The summed E-state index contributed by atoms with van der Waals surface area (Å²) in [5.74, 6) is -2.59. The maximum Gasteiger partial charge on any atom is 0.273 e. The van der Waals surface area contributed by atoms with Crippen LogP contribution in [0.25, 0.3) is 0 Å². The molecule has 0 bridgehead atoms. The zero-order valence-electron chi connectivity index (χ0n) is 8.51. The summed E-state index contributed by atoms with van der Waals surface area (Å²) in [7, 11) is 0. The molecular weight excluding hydrogens is 214 g/mol. The van der Waals surface area contributed by atoms with Crippen molar-refractivity contribution in [3.8, 4) is 0 Å². The molecule has 0 radical (unpaired) electrons. The van der Waals surface area contributed by atoms with Crippen LogP contribution in [0.2, 0.25) is 0 Å². The van der Waals surface area contributed by atoms with Gasteiger partial charge in [0.05, 0.1) is 25.5 Å². The quantitative estimate of drug-likeness (QED) is 0.437. The highest BCUT2D eigenvalue weighted by Crippen LogP contribution is 2.29. The zero-order chi connectivity index (χ0) is 11.8. The number of carbonyl (C=O) groups is 1. The molecule has 2 rings (SSSR count). The Balaban J connectivity index is 2.31. The highest BCUT2D eigenvalue weighted by molar-refractivity contribution is 5.99. The van der Waals surface area contributed by atoms with E-state index in [9.17, 15) is 9.90 Å². The van der Waals surface area contributed by atoms with Gasteiger partial charge in [0.1, 0.15) is 5.54 Å². The van der Waals surface area contributed by atoms with Gasteiger partial charge in [0.25, 0.3) is 5.79 Å². The Morgan fingerprint density at radius 2 is 2.12 bits per heavy atom. The molecule has 1 heterocycles. The van der Waals surface area contributed by atoms with Gasteiger partial charge >= 0.3 is 0 Å². The van der Waals surface area contributed by atoms with Gasteiger partial charge in [-0.1, -0.05) is 6.08 Å². The van der Waals surface area contributed by atoms with Crippen LogP contribution in [0.4, 0.5) is 0 Å². The molecule has 0 aromatic carbocycles. The van der Waals surface area contributed by atoms with Crippen LogP contribution in [0.15, 0.2) is 23.9 Å². The number of ether oxygens (including phenoxy) is 1. The second-order valence-corrected chi connectivity index (χ2v) is 3.96. The van der Waals surface area contributed by atoms with Gasteiger partial charge in [-0.3, -0.25) is 4.79 Å². The highest BCUT2D eigenvalue weighted by atomic mass is 16.6. The minimum atomic E-state index is -2.01. The van der Waals surface area contributed by atoms with E-state index in [1.54, 1.807) is 0 Å². The second-order valence-electron chi connectivity index (χ2n) is 3.96. The number of fused-ring (bicyclic) bond motifs is 1. The van der Waals surface area contributed by atoms with Crippen molar-refractivity contribution < 1.29 is 24.9 Å². The van der Waals surface area contributed by atoms with Gasteiger partial charge in [-0.15, -0.1) is 0 Å². The molecule has 0 unspecified atom stereocenters. The predicted octanol–water partition coefficient (Wildman–Crippen LogP) is -1.96. The number of ketones is 1. The van der Waals surface area contributed by atoms with Crippen LogP contribution in [0, 0.1) is 0 Å². The molecule has 1 aliphatic carbocycles. The Hall–Kier alpha value is -1.21. The molecule has 0 saturated carbocycles. The minimum Gasteiger partial charge on any atom is -0.394 e. The van der Waals surface area contributed by atoms with Crippen LogP contribution in [0.5, 0.6) is 0 Å². The first-order valence-electron chi connectivity index (χ1n) is 4.86. The average Bonchev–Trinajstić information content (AvgIpc) is 2.31. The third-order valence-corrected chi connectivity index (χ3v) is 2.77. The molecule has 1 atom stereocenters. The molecule has 16 heavy (non-hydrogen) atoms. The number of morpholine rings is 1. The summed E-state index contributed by atoms with van der Waals surface area (Å²) < 4.78 is 5.08. The normalized spacial score (nSPS) is 31.7. The topological polar surface area (TPSA) is 99.0 Å². The summed E-state index contributed by atoms with van der Waals surface area (Å²) in [5.41, 5.74) is -0.932. The number of allylic oxidation sites excluding steroid dienone is 2. The summed E-state index contributed by atoms with van der Waals surface area (Å²) in [5, 5.41) is 31.1. The second kappa shape index (κ2) is 3.67. The van der Waals surface area contributed by atoms with E-state index in [0.29, 0.717) is 0 Å². The Morgan fingerprint density at radius 3 is 2.75 bits per heavy atom. The van der Waals surface area contributed by atoms with E-state index in [0.717, 1.165) is 0 Å². The number of hydrogen-bond donors (Lipinski definition) is 4. The molecule has 1 aliphatic heterocycles. The predicted molar refractivity (Wildman–Crippen MR) is 53.2 cm³/mol. The Bertz CT molecular complexity index is 371. The van der Waals surface area contributed by atoms with Crippen LogP contribution in [-0.4, -0.2) is 52.2 Å². The van der Waals surface area contributed by atoms with Crippen molar-refractivity contribution in [2.45, 2.75) is 11.3 Å². The maximum absolute atomic E-state index is 11.5. The molecule has 4 N–H and O–H groups in total. The number of rotatable bonds is 2. The van der Waals surface area contributed by atoms with E-state index in [4.69, 9.17) is 14.9 Å². The number of aliphatic hydroxyl groups is 3. The van der Waals surface area contributed by atoms with Gasteiger partial charge in [-0.25, -0.2) is 0 Å². The van der Waals surface area contributed by atoms with E-state index >= 15 is 0 Å². The smallest absolute Gasteiger partial charge is 0.273 e. The van der Waals surface area contributed by atoms with Gasteiger partial charge in [0, 0.05) is 0 Å². The van der Waals surface area contributed by atoms with Crippen molar-refractivity contribution in [1.29, 1.82) is 0 Å². The molecule has 0 aromatic rings. The third-order valence-electron chi connectivity index (χ3n) is 2.77. The number of nitrogens with one attached hydrogen (secondary N) is 1. The first kappa shape index (κ1) is 11.3. The van der Waals surface area contributed by atoms with Crippen LogP contribution >= 0.6 is 0 Å². The molecule has 88 valence electrons. The fraction of sp³-hybridized carbons (Fsp3) is 0.500. The van der Waals surface area contributed by atoms with E-state index in [-0.39, 0.29) is 25.5 Å². The van der Waals surface area contributed by atoms with E-state index in [1.807, 2.05) is 0 Å². The van der Waals surface area contributed by atoms with Crippen LogP contribution < -0.4 is 5.32 Å². The van der Waals surface area contributed by atoms with Crippen molar-refractivity contribution in [3.05, 3.63) is 23.9 Å². The summed E-state index contributed by atoms with van der Waals surface area (Å²) >= 11 is 0. The van der Waals surface area contributed by atoms with Gasteiger partial charge in [-0.2, -0.15) is 0 Å². The van der Waals surface area contributed by atoms with Gasteiger partial charge < -0.3 is 25.4 Å². The summed E-state index contributed by atoms with van der Waals surface area (Å²) in [6.07, 6.45) is 4.14. The molecule has 1 saturated heterocycles. The molecular formula is C10H13NO5. The molecule has 0 spiro atoms. The van der Waals surface area contributed by atoms with Crippen LogP contribution in [-0.2, 0) is 9.53 Å². The van der Waals surface area contributed by atoms with Gasteiger partial charge in [0.15, 0.2) is 0 Å². The van der Waals surface area contributed by atoms with Gasteiger partial charge in [0.2, 0.25) is 5.78 Å². The fourth-order valence-electron chi connectivity index (χ4n) is 1.65. The molecule has 1 fully saturated rings. The summed E-state index contributed by atoms with van der Waals surface area (Å²) in [6, 6.07) is 0. The summed E-state index contributed by atoms with van der Waals surface area (Å²) in [6.45, 7) is -0.892. The van der Waals surface area contributed by atoms with Crippen molar-refractivity contribution >= 4 is 5.78 Å². The van der Waals surface area contributed by atoms with Crippen molar-refractivity contribution in [2.24, 2.45) is 0 Å². The van der Waals surface area contributed by atoms with Crippen molar-refractivity contribution in [2.75, 3.05) is 19.8 Å². The number of hydrogen-bond acceptors (Lipinski definition) is 6. The Morgan fingerprint density at radius 1 is 1.44 bits per heavy atom. The third kappa shape index (κ3) is 1.47. The molecule has 6 heteroatoms. The molecule has 2 aliphatic rings. The SMILES string of the molecule is O=C1C=CC=C2NC(CO)(CO)CO[C@]12O. The minimum absolute atomic E-state index is 0.134. The van der Waals surface area contributed by atoms with E-state index in [1.165, 1.54) is 18.2 Å². The largest absolute Gasteiger partial charge is 0.394 e. The lowest BCUT2D eigenvalue weighted by Gasteiger charge is -2.44.